The Bertz CT molecular complexity index is 1280. The van der Waals surface area contributed by atoms with E-state index in [1.807, 2.05) is 0 Å². The van der Waals surface area contributed by atoms with Gasteiger partial charge >= 0.3 is 12.1 Å². The van der Waals surface area contributed by atoms with Crippen LogP contribution in [-0.4, -0.2) is 36.5 Å². The first kappa shape index (κ1) is 27.5. The molecule has 0 aliphatic heterocycles. The van der Waals surface area contributed by atoms with Gasteiger partial charge in [-0.3, -0.25) is 14.4 Å². The average Bonchev–Trinajstić information content (AvgIpc) is 2.85. The number of benzene rings is 3. The van der Waals surface area contributed by atoms with Crippen LogP contribution in [0, 0.1) is 0 Å². The summed E-state index contributed by atoms with van der Waals surface area (Å²) < 4.78 is 49.2. The van der Waals surface area contributed by atoms with Gasteiger partial charge in [-0.25, -0.2) is 0 Å². The third kappa shape index (κ3) is 7.68. The van der Waals surface area contributed by atoms with E-state index in [0.717, 1.165) is 12.1 Å². The first-order chi connectivity index (χ1) is 17.4. The fraction of sp³-hybridized carbons (Fsp3) is 0.269. The molecule has 0 saturated carbocycles. The number of nitrogens with two attached hydrogens (primary N) is 2. The highest BCUT2D eigenvalue weighted by atomic mass is 19.4. The van der Waals surface area contributed by atoms with Gasteiger partial charge in [-0.15, -0.1) is 0 Å². The van der Waals surface area contributed by atoms with Gasteiger partial charge in [-0.2, -0.15) is 13.2 Å². The number of esters is 1. The van der Waals surface area contributed by atoms with Crippen molar-refractivity contribution in [2.75, 3.05) is 6.61 Å². The molecule has 11 heteroatoms. The minimum atomic E-state index is -4.44. The lowest BCUT2D eigenvalue weighted by Crippen LogP contribution is -2.39. The molecular formula is C26H26F3N3O5. The van der Waals surface area contributed by atoms with Crippen LogP contribution in [0.4, 0.5) is 13.2 Å². The number of nitrogens with one attached hydrogen (secondary N) is 1. The van der Waals surface area contributed by atoms with Crippen LogP contribution >= 0.6 is 0 Å². The summed E-state index contributed by atoms with van der Waals surface area (Å²) in [7, 11) is 0. The number of ether oxygens (including phenoxy) is 2. The van der Waals surface area contributed by atoms with Crippen LogP contribution < -0.4 is 21.5 Å². The van der Waals surface area contributed by atoms with Crippen molar-refractivity contribution in [2.45, 2.75) is 38.0 Å². The van der Waals surface area contributed by atoms with Gasteiger partial charge in [0.1, 0.15) is 24.1 Å². The van der Waals surface area contributed by atoms with E-state index in [1.54, 1.807) is 43.3 Å². The standard InChI is InChI=1S/C26H26F3N3O5/c1-15(14-36-25(35)21(30)11-12-23(31)33)32-24(34)17-5-10-20-16(13-17)3-2-4-22(20)37-19-8-6-18(7-9-19)26(27,28)29/h2-10,13,15,21H,11-12,14,30H2,1H3,(H2,31,33)(H,32,34)/t15-,21+/m1/s1. The second-order valence-electron chi connectivity index (χ2n) is 8.43. The molecule has 0 bridgehead atoms. The molecule has 37 heavy (non-hydrogen) atoms. The molecule has 0 spiro atoms. The zero-order valence-corrected chi connectivity index (χ0v) is 19.9. The van der Waals surface area contributed by atoms with Crippen molar-refractivity contribution in [1.29, 1.82) is 0 Å². The van der Waals surface area contributed by atoms with Gasteiger partial charge < -0.3 is 26.3 Å². The van der Waals surface area contributed by atoms with Crippen molar-refractivity contribution in [2.24, 2.45) is 11.5 Å². The summed E-state index contributed by atoms with van der Waals surface area (Å²) in [5.74, 6) is -1.03. The van der Waals surface area contributed by atoms with Crippen molar-refractivity contribution in [3.05, 3.63) is 71.8 Å². The number of fused-ring (bicyclic) bond motifs is 1. The molecule has 0 unspecified atom stereocenters. The van der Waals surface area contributed by atoms with Crippen molar-refractivity contribution >= 4 is 28.6 Å². The Hall–Kier alpha value is -4.12. The Morgan fingerprint density at radius 3 is 2.38 bits per heavy atom. The van der Waals surface area contributed by atoms with E-state index in [2.05, 4.69) is 5.32 Å². The molecule has 2 amide bonds. The van der Waals surface area contributed by atoms with Crippen molar-refractivity contribution in [3.8, 4) is 11.5 Å². The van der Waals surface area contributed by atoms with E-state index >= 15 is 0 Å². The van der Waals surface area contributed by atoms with Gasteiger partial charge in [0.05, 0.1) is 11.6 Å². The molecular weight excluding hydrogens is 491 g/mol. The predicted molar refractivity (Wildman–Crippen MR) is 130 cm³/mol. The highest BCUT2D eigenvalue weighted by molar-refractivity contribution is 6.00. The second kappa shape index (κ2) is 11.7. The van der Waals surface area contributed by atoms with E-state index < -0.39 is 41.6 Å². The molecule has 0 heterocycles. The van der Waals surface area contributed by atoms with Gasteiger partial charge in [-0.1, -0.05) is 12.1 Å². The smallest absolute Gasteiger partial charge is 0.416 e. The summed E-state index contributed by atoms with van der Waals surface area (Å²) in [6.07, 6.45) is -4.41. The monoisotopic (exact) mass is 517 g/mol. The average molecular weight is 518 g/mol. The fourth-order valence-electron chi connectivity index (χ4n) is 3.40. The van der Waals surface area contributed by atoms with Gasteiger partial charge in [-0.05, 0) is 67.3 Å². The molecule has 0 radical (unpaired) electrons. The minimum Gasteiger partial charge on any atom is -0.462 e. The van der Waals surface area contributed by atoms with E-state index in [0.29, 0.717) is 22.1 Å². The van der Waals surface area contributed by atoms with Gasteiger partial charge in [0.2, 0.25) is 5.91 Å². The number of carbonyl (C=O) groups excluding carboxylic acids is 3. The Balaban J connectivity index is 1.62. The molecule has 8 nitrogen and oxygen atoms in total. The summed E-state index contributed by atoms with van der Waals surface area (Å²) in [6, 6.07) is 12.9. The number of hydrogen-bond acceptors (Lipinski definition) is 6. The lowest BCUT2D eigenvalue weighted by Gasteiger charge is -2.16. The molecule has 2 atom stereocenters. The lowest BCUT2D eigenvalue weighted by molar-refractivity contribution is -0.146. The number of halogens is 3. The van der Waals surface area contributed by atoms with Crippen LogP contribution in [0.1, 0.15) is 35.7 Å². The van der Waals surface area contributed by atoms with Crippen LogP contribution in [-0.2, 0) is 20.5 Å². The molecule has 0 aliphatic carbocycles. The van der Waals surface area contributed by atoms with Crippen LogP contribution in [0.3, 0.4) is 0 Å². The minimum absolute atomic E-state index is 0.0401. The maximum Gasteiger partial charge on any atom is 0.416 e. The normalized spacial score (nSPS) is 13.0. The molecule has 5 N–H and O–H groups in total. The molecule has 3 aromatic rings. The molecule has 3 rings (SSSR count). The fourth-order valence-corrected chi connectivity index (χ4v) is 3.40. The predicted octanol–water partition coefficient (Wildman–Crippen LogP) is 3.91. The molecule has 0 saturated heterocycles. The highest BCUT2D eigenvalue weighted by Crippen LogP contribution is 2.33. The summed E-state index contributed by atoms with van der Waals surface area (Å²) in [5.41, 5.74) is 10.3. The van der Waals surface area contributed by atoms with Gasteiger partial charge in [0, 0.05) is 17.4 Å². The number of primary amides is 1. The maximum atomic E-state index is 12.8. The summed E-state index contributed by atoms with van der Waals surface area (Å²) >= 11 is 0. The van der Waals surface area contributed by atoms with Crippen molar-refractivity contribution in [1.82, 2.24) is 5.32 Å². The molecule has 3 aromatic carbocycles. The molecule has 0 fully saturated rings. The third-order valence-electron chi connectivity index (χ3n) is 5.37. The van der Waals surface area contributed by atoms with Crippen LogP contribution in [0.5, 0.6) is 11.5 Å². The number of carbonyl (C=O) groups is 3. The van der Waals surface area contributed by atoms with Gasteiger partial charge in [0.15, 0.2) is 0 Å². The van der Waals surface area contributed by atoms with Crippen molar-refractivity contribution in [3.63, 3.8) is 0 Å². The van der Waals surface area contributed by atoms with Crippen LogP contribution in [0.25, 0.3) is 10.8 Å². The molecule has 0 aliphatic rings. The number of alkyl halides is 3. The number of rotatable bonds is 10. The summed E-state index contributed by atoms with van der Waals surface area (Å²) in [5, 5.41) is 4.06. The Morgan fingerprint density at radius 1 is 1.03 bits per heavy atom. The Kier molecular flexibility index (Phi) is 8.72. The Labute approximate surface area is 210 Å². The number of hydrogen-bond donors (Lipinski definition) is 3. The lowest BCUT2D eigenvalue weighted by atomic mass is 10.1. The topological polar surface area (TPSA) is 134 Å². The Morgan fingerprint density at radius 2 is 1.73 bits per heavy atom. The summed E-state index contributed by atoms with van der Waals surface area (Å²) in [6.45, 7) is 1.53. The van der Waals surface area contributed by atoms with Crippen LogP contribution in [0.15, 0.2) is 60.7 Å². The molecule has 0 aromatic heterocycles. The summed E-state index contributed by atoms with van der Waals surface area (Å²) in [4.78, 5) is 35.4. The van der Waals surface area contributed by atoms with E-state index in [4.69, 9.17) is 20.9 Å². The largest absolute Gasteiger partial charge is 0.462 e. The maximum absolute atomic E-state index is 12.8. The van der Waals surface area contributed by atoms with Crippen molar-refractivity contribution < 1.29 is 37.0 Å². The third-order valence-corrected chi connectivity index (χ3v) is 5.37. The highest BCUT2D eigenvalue weighted by Gasteiger charge is 2.30. The number of amides is 2. The first-order valence-electron chi connectivity index (χ1n) is 11.3. The quantitative estimate of drug-likeness (QED) is 0.349. The zero-order chi connectivity index (χ0) is 27.2. The van der Waals surface area contributed by atoms with E-state index in [-0.39, 0.29) is 25.2 Å². The van der Waals surface area contributed by atoms with E-state index in [9.17, 15) is 27.6 Å². The SMILES string of the molecule is C[C@H](COC(=O)[C@@H](N)CCC(N)=O)NC(=O)c1ccc2c(Oc3ccc(C(F)(F)F)cc3)cccc2c1. The van der Waals surface area contributed by atoms with Crippen LogP contribution in [0.2, 0.25) is 0 Å². The van der Waals surface area contributed by atoms with E-state index in [1.165, 1.54) is 12.1 Å². The first-order valence-corrected chi connectivity index (χ1v) is 11.3. The molecule has 196 valence electrons. The second-order valence-corrected chi connectivity index (χ2v) is 8.43. The zero-order valence-electron chi connectivity index (χ0n) is 19.9. The van der Waals surface area contributed by atoms with Gasteiger partial charge in [0.25, 0.3) is 5.91 Å².